The Morgan fingerprint density at radius 1 is 1.18 bits per heavy atom. The fourth-order valence-corrected chi connectivity index (χ4v) is 4.33. The van der Waals surface area contributed by atoms with Crippen molar-refractivity contribution in [1.29, 1.82) is 0 Å². The van der Waals surface area contributed by atoms with Gasteiger partial charge < -0.3 is 25.4 Å². The van der Waals surface area contributed by atoms with Crippen LogP contribution in [0.15, 0.2) is 42.5 Å². The van der Waals surface area contributed by atoms with Crippen molar-refractivity contribution in [2.24, 2.45) is 0 Å². The van der Waals surface area contributed by atoms with Gasteiger partial charge >= 0.3 is 12.0 Å². The van der Waals surface area contributed by atoms with Gasteiger partial charge in [-0.15, -0.1) is 0 Å². The Labute approximate surface area is 199 Å². The number of nitrogens with one attached hydrogen (secondary N) is 2. The molecule has 9 heteroatoms. The SMILES string of the molecule is COc1cc(N(C(C)=O)C2CCN(C(C)CC(=O)O)C2)ccc1NC(=O)Nc1ccccc1C. The van der Waals surface area contributed by atoms with Crippen molar-refractivity contribution in [3.8, 4) is 5.75 Å². The first-order valence-electron chi connectivity index (χ1n) is 11.3. The van der Waals surface area contributed by atoms with Gasteiger partial charge in [0.2, 0.25) is 5.91 Å². The number of benzene rings is 2. The summed E-state index contributed by atoms with van der Waals surface area (Å²) in [6, 6.07) is 12.1. The third-order valence-corrected chi connectivity index (χ3v) is 6.10. The maximum Gasteiger partial charge on any atom is 0.323 e. The van der Waals surface area contributed by atoms with Gasteiger partial charge in [0.15, 0.2) is 0 Å². The van der Waals surface area contributed by atoms with Gasteiger partial charge in [0.1, 0.15) is 5.75 Å². The van der Waals surface area contributed by atoms with Gasteiger partial charge in [0.25, 0.3) is 0 Å². The average molecular weight is 469 g/mol. The summed E-state index contributed by atoms with van der Waals surface area (Å²) in [5, 5.41) is 14.7. The average Bonchev–Trinajstić information content (AvgIpc) is 3.25. The van der Waals surface area contributed by atoms with E-state index in [0.29, 0.717) is 29.4 Å². The number of hydrogen-bond acceptors (Lipinski definition) is 5. The van der Waals surface area contributed by atoms with Crippen LogP contribution in [0.25, 0.3) is 0 Å². The van der Waals surface area contributed by atoms with Gasteiger partial charge in [-0.25, -0.2) is 4.79 Å². The highest BCUT2D eigenvalue weighted by molar-refractivity contribution is 6.01. The van der Waals surface area contributed by atoms with Gasteiger partial charge in [-0.05, 0) is 44.0 Å². The molecule has 3 rings (SSSR count). The molecule has 0 saturated carbocycles. The highest BCUT2D eigenvalue weighted by atomic mass is 16.5. The van der Waals surface area contributed by atoms with Gasteiger partial charge in [-0.3, -0.25) is 14.5 Å². The number of nitrogens with zero attached hydrogens (tertiary/aromatic N) is 2. The van der Waals surface area contributed by atoms with Crippen molar-refractivity contribution in [3.05, 3.63) is 48.0 Å². The molecule has 2 aromatic carbocycles. The number of hydrogen-bond donors (Lipinski definition) is 3. The van der Waals surface area contributed by atoms with E-state index >= 15 is 0 Å². The molecule has 1 saturated heterocycles. The van der Waals surface area contributed by atoms with E-state index in [0.717, 1.165) is 18.5 Å². The van der Waals surface area contributed by atoms with E-state index in [1.807, 2.05) is 38.1 Å². The van der Waals surface area contributed by atoms with Crippen LogP contribution in [-0.2, 0) is 9.59 Å². The third-order valence-electron chi connectivity index (χ3n) is 6.10. The standard InChI is InChI=1S/C25H32N4O5/c1-16-7-5-6-8-21(16)26-25(33)27-22-10-9-19(14-23(22)34-4)29(18(3)30)20-11-12-28(15-20)17(2)13-24(31)32/h5-10,14,17,20H,11-13,15H2,1-4H3,(H,31,32)(H2,26,27,33). The number of ether oxygens (including phenoxy) is 1. The molecule has 1 fully saturated rings. The number of carbonyl (C=O) groups is 3. The van der Waals surface area contributed by atoms with Crippen LogP contribution in [0.5, 0.6) is 5.75 Å². The van der Waals surface area contributed by atoms with E-state index in [-0.39, 0.29) is 24.4 Å². The lowest BCUT2D eigenvalue weighted by atomic mass is 10.1. The quantitative estimate of drug-likeness (QED) is 0.541. The molecule has 1 aliphatic heterocycles. The van der Waals surface area contributed by atoms with Crippen LogP contribution in [0.3, 0.4) is 0 Å². The van der Waals surface area contributed by atoms with Crippen molar-refractivity contribution in [2.75, 3.05) is 35.7 Å². The second-order valence-electron chi connectivity index (χ2n) is 8.55. The number of anilines is 3. The van der Waals surface area contributed by atoms with E-state index < -0.39 is 12.0 Å². The zero-order valence-electron chi connectivity index (χ0n) is 20.0. The molecule has 2 aromatic rings. The van der Waals surface area contributed by atoms with Crippen LogP contribution < -0.4 is 20.3 Å². The zero-order chi connectivity index (χ0) is 24.8. The lowest BCUT2D eigenvalue weighted by Crippen LogP contribution is -2.42. The smallest absolute Gasteiger partial charge is 0.323 e. The van der Waals surface area contributed by atoms with Gasteiger partial charge in [0.05, 0.1) is 25.3 Å². The maximum absolute atomic E-state index is 12.6. The minimum absolute atomic E-state index is 0.0611. The molecule has 0 aromatic heterocycles. The van der Waals surface area contributed by atoms with Crippen LogP contribution in [0, 0.1) is 6.92 Å². The van der Waals surface area contributed by atoms with Crippen molar-refractivity contribution in [2.45, 2.75) is 45.7 Å². The lowest BCUT2D eigenvalue weighted by molar-refractivity contribution is -0.138. The Bertz CT molecular complexity index is 1060. The number of amides is 3. The van der Waals surface area contributed by atoms with E-state index in [9.17, 15) is 14.4 Å². The molecule has 1 heterocycles. The number of likely N-dealkylation sites (tertiary alicyclic amines) is 1. The molecule has 3 amide bonds. The van der Waals surface area contributed by atoms with Crippen LogP contribution in [0.1, 0.15) is 32.3 Å². The molecule has 2 unspecified atom stereocenters. The van der Waals surface area contributed by atoms with Crippen molar-refractivity contribution in [1.82, 2.24) is 4.90 Å². The molecule has 182 valence electrons. The Morgan fingerprint density at radius 2 is 1.88 bits per heavy atom. The summed E-state index contributed by atoms with van der Waals surface area (Å²) in [4.78, 5) is 40.0. The fraction of sp³-hybridized carbons (Fsp3) is 0.400. The molecule has 0 bridgehead atoms. The first kappa shape index (κ1) is 25.0. The summed E-state index contributed by atoms with van der Waals surface area (Å²) in [7, 11) is 1.51. The van der Waals surface area contributed by atoms with Crippen LogP contribution in [0.4, 0.5) is 21.9 Å². The molecule has 9 nitrogen and oxygen atoms in total. The largest absolute Gasteiger partial charge is 0.494 e. The number of carboxylic acid groups (broad SMARTS) is 1. The second-order valence-corrected chi connectivity index (χ2v) is 8.55. The van der Waals surface area contributed by atoms with E-state index in [1.54, 1.807) is 23.1 Å². The third kappa shape index (κ3) is 6.05. The van der Waals surface area contributed by atoms with Crippen LogP contribution in [0.2, 0.25) is 0 Å². The van der Waals surface area contributed by atoms with E-state index in [2.05, 4.69) is 15.5 Å². The number of aliphatic carboxylic acids is 1. The van der Waals surface area contributed by atoms with Crippen molar-refractivity contribution >= 4 is 35.0 Å². The van der Waals surface area contributed by atoms with Crippen molar-refractivity contribution in [3.63, 3.8) is 0 Å². The summed E-state index contributed by atoms with van der Waals surface area (Å²) >= 11 is 0. The number of para-hydroxylation sites is 1. The topological polar surface area (TPSA) is 111 Å². The highest BCUT2D eigenvalue weighted by Crippen LogP contribution is 2.33. The molecule has 3 N–H and O–H groups in total. The number of aryl methyl sites for hydroxylation is 1. The van der Waals surface area contributed by atoms with Crippen LogP contribution in [-0.4, -0.2) is 60.2 Å². The summed E-state index contributed by atoms with van der Waals surface area (Å²) < 4.78 is 5.50. The fourth-order valence-electron chi connectivity index (χ4n) is 4.33. The Morgan fingerprint density at radius 3 is 2.53 bits per heavy atom. The molecule has 34 heavy (non-hydrogen) atoms. The Balaban J connectivity index is 1.74. The van der Waals surface area contributed by atoms with Gasteiger partial charge in [-0.1, -0.05) is 18.2 Å². The predicted octanol–water partition coefficient (Wildman–Crippen LogP) is 3.94. The predicted molar refractivity (Wildman–Crippen MR) is 132 cm³/mol. The molecular formula is C25H32N4O5. The summed E-state index contributed by atoms with van der Waals surface area (Å²) in [5.41, 5.74) is 2.79. The minimum Gasteiger partial charge on any atom is -0.494 e. The minimum atomic E-state index is -0.835. The summed E-state index contributed by atoms with van der Waals surface area (Å²) in [6.45, 7) is 6.62. The monoisotopic (exact) mass is 468 g/mol. The first-order chi connectivity index (χ1) is 16.2. The number of rotatable bonds is 8. The number of carboxylic acids is 1. The molecular weight excluding hydrogens is 436 g/mol. The molecule has 2 atom stereocenters. The Hall–Kier alpha value is -3.59. The number of urea groups is 1. The number of carbonyl (C=O) groups excluding carboxylic acids is 2. The highest BCUT2D eigenvalue weighted by Gasteiger charge is 2.33. The van der Waals surface area contributed by atoms with E-state index in [1.165, 1.54) is 14.0 Å². The normalized spacial score (nSPS) is 16.5. The molecule has 0 aliphatic carbocycles. The van der Waals surface area contributed by atoms with E-state index in [4.69, 9.17) is 9.84 Å². The second kappa shape index (κ2) is 11.0. The summed E-state index contributed by atoms with van der Waals surface area (Å²) in [6.07, 6.45) is 0.802. The van der Waals surface area contributed by atoms with Crippen molar-refractivity contribution < 1.29 is 24.2 Å². The maximum atomic E-state index is 12.6. The lowest BCUT2D eigenvalue weighted by Gasteiger charge is -2.30. The first-order valence-corrected chi connectivity index (χ1v) is 11.3. The zero-order valence-corrected chi connectivity index (χ0v) is 20.0. The molecule has 0 radical (unpaired) electrons. The molecule has 1 aliphatic rings. The number of methoxy groups -OCH3 is 1. The van der Waals surface area contributed by atoms with Gasteiger partial charge in [-0.2, -0.15) is 0 Å². The van der Waals surface area contributed by atoms with Crippen LogP contribution >= 0.6 is 0 Å². The Kier molecular flexibility index (Phi) is 8.12. The summed E-state index contributed by atoms with van der Waals surface area (Å²) in [5.74, 6) is -0.519. The molecule has 0 spiro atoms. The van der Waals surface area contributed by atoms with Gasteiger partial charge in [0, 0.05) is 43.5 Å².